The minimum absolute atomic E-state index is 0.328. The molecule has 0 heterocycles. The molecule has 0 aliphatic carbocycles. The van der Waals surface area contributed by atoms with Gasteiger partial charge in [0, 0.05) is 6.54 Å². The lowest BCUT2D eigenvalue weighted by Crippen LogP contribution is -2.45. The van der Waals surface area contributed by atoms with Gasteiger partial charge in [0.25, 0.3) is 11.8 Å². The van der Waals surface area contributed by atoms with Gasteiger partial charge in [0.15, 0.2) is 6.10 Å². The Bertz CT molecular complexity index is 623. The number of amides is 2. The van der Waals surface area contributed by atoms with Gasteiger partial charge in [0.1, 0.15) is 11.8 Å². The number of rotatable bonds is 10. The summed E-state index contributed by atoms with van der Waals surface area (Å²) < 4.78 is 10.4. The van der Waals surface area contributed by atoms with Crippen molar-refractivity contribution in [1.82, 2.24) is 10.6 Å². The van der Waals surface area contributed by atoms with Crippen molar-refractivity contribution in [3.63, 3.8) is 0 Å². The number of hydrogen-bond donors (Lipinski definition) is 2. The highest BCUT2D eigenvalue weighted by Gasteiger charge is 2.27. The highest BCUT2D eigenvalue weighted by Crippen LogP contribution is 2.17. The number of nitrogens with one attached hydrogen (secondary N) is 2. The molecule has 26 heavy (non-hydrogen) atoms. The maximum absolute atomic E-state index is 12.5. The summed E-state index contributed by atoms with van der Waals surface area (Å²) in [6.45, 7) is 3.72. The van der Waals surface area contributed by atoms with Crippen LogP contribution in [0, 0.1) is 0 Å². The molecule has 1 rings (SSSR count). The SMILES string of the molecule is CCNC(=O)[C@H](C)OC(=O)[C@H](CCSC)NC(=O)c1ccccc1OC. The molecule has 1 aromatic carbocycles. The highest BCUT2D eigenvalue weighted by atomic mass is 32.2. The number of hydrogen-bond acceptors (Lipinski definition) is 6. The Balaban J connectivity index is 2.83. The molecule has 0 fully saturated rings. The fourth-order valence-electron chi connectivity index (χ4n) is 2.18. The topological polar surface area (TPSA) is 93.7 Å². The number of likely N-dealkylation sites (N-methyl/N-ethyl adjacent to an activating group) is 1. The van der Waals surface area contributed by atoms with E-state index in [0.29, 0.717) is 30.0 Å². The van der Waals surface area contributed by atoms with E-state index >= 15 is 0 Å². The Hall–Kier alpha value is -2.22. The Kier molecular flexibility index (Phi) is 9.57. The molecule has 0 saturated carbocycles. The highest BCUT2D eigenvalue weighted by molar-refractivity contribution is 7.98. The van der Waals surface area contributed by atoms with Gasteiger partial charge >= 0.3 is 5.97 Å². The molecule has 1 aromatic rings. The number of para-hydroxylation sites is 1. The first-order valence-corrected chi connectivity index (χ1v) is 9.74. The first-order valence-electron chi connectivity index (χ1n) is 8.35. The number of benzene rings is 1. The van der Waals surface area contributed by atoms with Crippen molar-refractivity contribution >= 4 is 29.5 Å². The van der Waals surface area contributed by atoms with Crippen molar-refractivity contribution in [2.45, 2.75) is 32.4 Å². The van der Waals surface area contributed by atoms with Gasteiger partial charge in [-0.25, -0.2) is 4.79 Å². The van der Waals surface area contributed by atoms with E-state index in [4.69, 9.17) is 9.47 Å². The van der Waals surface area contributed by atoms with Crippen LogP contribution in [0.4, 0.5) is 0 Å². The molecule has 0 aromatic heterocycles. The van der Waals surface area contributed by atoms with Crippen LogP contribution < -0.4 is 15.4 Å². The third kappa shape index (κ3) is 6.59. The van der Waals surface area contributed by atoms with Gasteiger partial charge in [0.2, 0.25) is 0 Å². The third-order valence-electron chi connectivity index (χ3n) is 3.57. The summed E-state index contributed by atoms with van der Waals surface area (Å²) in [6.07, 6.45) is 1.37. The Morgan fingerprint density at radius 2 is 1.92 bits per heavy atom. The molecule has 0 aliphatic rings. The number of ether oxygens (including phenoxy) is 2. The maximum atomic E-state index is 12.5. The number of carbonyl (C=O) groups is 3. The van der Waals surface area contributed by atoms with E-state index in [2.05, 4.69) is 10.6 Å². The molecule has 7 nitrogen and oxygen atoms in total. The van der Waals surface area contributed by atoms with E-state index in [1.54, 1.807) is 43.0 Å². The molecule has 0 aliphatic heterocycles. The fourth-order valence-corrected chi connectivity index (χ4v) is 2.65. The lowest BCUT2D eigenvalue weighted by atomic mass is 10.1. The zero-order chi connectivity index (χ0) is 19.5. The summed E-state index contributed by atoms with van der Waals surface area (Å²) in [5.74, 6) is -0.378. The zero-order valence-corrected chi connectivity index (χ0v) is 16.4. The number of esters is 1. The molecule has 0 spiro atoms. The minimum Gasteiger partial charge on any atom is -0.496 e. The predicted molar refractivity (Wildman–Crippen MR) is 101 cm³/mol. The average molecular weight is 382 g/mol. The standard InChI is InChI=1S/C18H26N2O5S/c1-5-19-16(21)12(2)25-18(23)14(10-11-26-4)20-17(22)13-8-6-7-9-15(13)24-3/h6-9,12,14H,5,10-11H2,1-4H3,(H,19,21)(H,20,22)/t12-,14-/m0/s1. The molecule has 2 atom stereocenters. The van der Waals surface area contributed by atoms with Crippen LogP contribution >= 0.6 is 11.8 Å². The summed E-state index contributed by atoms with van der Waals surface area (Å²) in [5.41, 5.74) is 0.328. The summed E-state index contributed by atoms with van der Waals surface area (Å²) >= 11 is 1.55. The number of carbonyl (C=O) groups excluding carboxylic acids is 3. The monoisotopic (exact) mass is 382 g/mol. The second-order valence-corrected chi connectivity index (χ2v) is 6.47. The molecule has 2 N–H and O–H groups in total. The van der Waals surface area contributed by atoms with Crippen molar-refractivity contribution in [3.05, 3.63) is 29.8 Å². The van der Waals surface area contributed by atoms with Gasteiger partial charge in [0.05, 0.1) is 12.7 Å². The molecule has 8 heteroatoms. The second-order valence-electron chi connectivity index (χ2n) is 5.48. The molecule has 0 unspecified atom stereocenters. The summed E-state index contributed by atoms with van der Waals surface area (Å²) in [7, 11) is 1.47. The van der Waals surface area contributed by atoms with Crippen LogP contribution in [0.1, 0.15) is 30.6 Å². The van der Waals surface area contributed by atoms with Crippen LogP contribution in [0.5, 0.6) is 5.75 Å². The summed E-state index contributed by atoms with van der Waals surface area (Å²) in [6, 6.07) is 5.90. The van der Waals surface area contributed by atoms with Gasteiger partial charge in [-0.1, -0.05) is 12.1 Å². The molecule has 0 saturated heterocycles. The Labute approximate surface area is 158 Å². The Morgan fingerprint density at radius 3 is 2.54 bits per heavy atom. The van der Waals surface area contributed by atoms with Gasteiger partial charge in [-0.15, -0.1) is 0 Å². The van der Waals surface area contributed by atoms with Crippen LogP contribution in [0.25, 0.3) is 0 Å². The van der Waals surface area contributed by atoms with Crippen LogP contribution in [-0.4, -0.2) is 55.6 Å². The lowest BCUT2D eigenvalue weighted by Gasteiger charge is -2.20. The first kappa shape index (κ1) is 21.8. The van der Waals surface area contributed by atoms with E-state index in [9.17, 15) is 14.4 Å². The van der Waals surface area contributed by atoms with E-state index in [1.165, 1.54) is 14.0 Å². The predicted octanol–water partition coefficient (Wildman–Crippen LogP) is 1.61. The molecular weight excluding hydrogens is 356 g/mol. The lowest BCUT2D eigenvalue weighted by molar-refractivity contribution is -0.156. The van der Waals surface area contributed by atoms with Gasteiger partial charge < -0.3 is 20.1 Å². The van der Waals surface area contributed by atoms with Crippen molar-refractivity contribution in [2.75, 3.05) is 25.7 Å². The first-order chi connectivity index (χ1) is 12.4. The minimum atomic E-state index is -0.928. The zero-order valence-electron chi connectivity index (χ0n) is 15.5. The van der Waals surface area contributed by atoms with Crippen LogP contribution in [0.15, 0.2) is 24.3 Å². The normalized spacial score (nSPS) is 12.6. The van der Waals surface area contributed by atoms with Gasteiger partial charge in [-0.2, -0.15) is 11.8 Å². The van der Waals surface area contributed by atoms with Crippen molar-refractivity contribution < 1.29 is 23.9 Å². The summed E-state index contributed by atoms with van der Waals surface area (Å²) in [4.78, 5) is 36.7. The Morgan fingerprint density at radius 1 is 1.23 bits per heavy atom. The van der Waals surface area contributed by atoms with Crippen molar-refractivity contribution in [2.24, 2.45) is 0 Å². The molecule has 0 bridgehead atoms. The number of methoxy groups -OCH3 is 1. The third-order valence-corrected chi connectivity index (χ3v) is 4.21. The van der Waals surface area contributed by atoms with Gasteiger partial charge in [-0.3, -0.25) is 9.59 Å². The largest absolute Gasteiger partial charge is 0.496 e. The van der Waals surface area contributed by atoms with Crippen LogP contribution in [-0.2, 0) is 14.3 Å². The smallest absolute Gasteiger partial charge is 0.329 e. The van der Waals surface area contributed by atoms with Gasteiger partial charge in [-0.05, 0) is 44.4 Å². The van der Waals surface area contributed by atoms with E-state index < -0.39 is 24.0 Å². The maximum Gasteiger partial charge on any atom is 0.329 e. The van der Waals surface area contributed by atoms with Crippen molar-refractivity contribution in [1.29, 1.82) is 0 Å². The second kappa shape index (κ2) is 11.4. The quantitative estimate of drug-likeness (QED) is 0.597. The molecule has 144 valence electrons. The van der Waals surface area contributed by atoms with E-state index in [1.807, 2.05) is 6.26 Å². The summed E-state index contributed by atoms with van der Waals surface area (Å²) in [5, 5.41) is 5.27. The molecule has 2 amide bonds. The number of thioether (sulfide) groups is 1. The van der Waals surface area contributed by atoms with E-state index in [0.717, 1.165) is 0 Å². The van der Waals surface area contributed by atoms with Crippen LogP contribution in [0.3, 0.4) is 0 Å². The fraction of sp³-hybridized carbons (Fsp3) is 0.500. The van der Waals surface area contributed by atoms with Crippen LogP contribution in [0.2, 0.25) is 0 Å². The van der Waals surface area contributed by atoms with E-state index in [-0.39, 0.29) is 5.91 Å². The van der Waals surface area contributed by atoms with Crippen molar-refractivity contribution in [3.8, 4) is 5.75 Å². The average Bonchev–Trinajstić information content (AvgIpc) is 2.64. The molecule has 0 radical (unpaired) electrons. The molecular formula is C18H26N2O5S.